The Morgan fingerprint density at radius 3 is 2.73 bits per heavy atom. The number of carbonyl (C=O) groups is 1. The van der Waals surface area contributed by atoms with Gasteiger partial charge in [-0.2, -0.15) is 0 Å². The molecule has 0 aromatic rings. The van der Waals surface area contributed by atoms with Crippen molar-refractivity contribution in [3.05, 3.63) is 0 Å². The van der Waals surface area contributed by atoms with E-state index in [1.807, 2.05) is 0 Å². The van der Waals surface area contributed by atoms with Gasteiger partial charge in [0.05, 0.1) is 0 Å². The van der Waals surface area contributed by atoms with E-state index in [-0.39, 0.29) is 11.3 Å². The quantitative estimate of drug-likeness (QED) is 0.685. The van der Waals surface area contributed by atoms with Crippen LogP contribution >= 0.6 is 0 Å². The van der Waals surface area contributed by atoms with E-state index in [2.05, 4.69) is 31.1 Å². The molecule has 0 spiro atoms. The normalized spacial score (nSPS) is 22.2. The first-order valence-corrected chi connectivity index (χ1v) is 5.61. The first-order chi connectivity index (χ1) is 6.93. The lowest BCUT2D eigenvalue weighted by atomic mass is 9.93. The van der Waals surface area contributed by atoms with Crippen molar-refractivity contribution in [3.8, 4) is 0 Å². The molecule has 0 aromatic carbocycles. The molecule has 1 aliphatic rings. The molecule has 4 heteroatoms. The van der Waals surface area contributed by atoms with Crippen molar-refractivity contribution in [1.29, 1.82) is 0 Å². The third-order valence-corrected chi connectivity index (χ3v) is 2.87. The van der Waals surface area contributed by atoms with E-state index < -0.39 is 0 Å². The lowest BCUT2D eigenvalue weighted by Gasteiger charge is -2.30. The number of nitrogens with one attached hydrogen (secondary N) is 1. The van der Waals surface area contributed by atoms with Crippen LogP contribution in [-0.4, -0.2) is 43.5 Å². The molecule has 0 radical (unpaired) electrons. The zero-order chi connectivity index (χ0) is 11.5. The second-order valence-corrected chi connectivity index (χ2v) is 5.37. The van der Waals surface area contributed by atoms with E-state index in [1.54, 1.807) is 0 Å². The van der Waals surface area contributed by atoms with Gasteiger partial charge in [0.1, 0.15) is 0 Å². The van der Waals surface area contributed by atoms with Gasteiger partial charge in [0.15, 0.2) is 0 Å². The minimum Gasteiger partial charge on any atom is -0.352 e. The fraction of sp³-hybridized carbons (Fsp3) is 0.909. The van der Waals surface area contributed by atoms with Gasteiger partial charge in [0, 0.05) is 25.6 Å². The van der Waals surface area contributed by atoms with E-state index in [0.717, 1.165) is 19.5 Å². The Balaban J connectivity index is 2.29. The van der Waals surface area contributed by atoms with E-state index in [1.165, 1.54) is 0 Å². The summed E-state index contributed by atoms with van der Waals surface area (Å²) in [6, 6.07) is 0.330. The number of carbonyl (C=O) groups excluding carboxylic acids is 1. The van der Waals surface area contributed by atoms with Gasteiger partial charge in [0.2, 0.25) is 5.91 Å². The van der Waals surface area contributed by atoms with Crippen molar-refractivity contribution < 1.29 is 4.79 Å². The van der Waals surface area contributed by atoms with Crippen LogP contribution in [0.3, 0.4) is 0 Å². The molecule has 3 N–H and O–H groups in total. The Hall–Kier alpha value is -0.610. The number of amides is 1. The van der Waals surface area contributed by atoms with Crippen molar-refractivity contribution in [1.82, 2.24) is 10.2 Å². The maximum atomic E-state index is 11.0. The standard InChI is InChI=1S/C11H23N3O/c1-11(2,7-12)8-14(3)6-9-4-5-10(15)13-9/h9H,4-8,12H2,1-3H3,(H,13,15). The number of likely N-dealkylation sites (N-methyl/N-ethyl adjacent to an activating group) is 1. The van der Waals surface area contributed by atoms with Crippen LogP contribution in [0.25, 0.3) is 0 Å². The number of hydrogen-bond donors (Lipinski definition) is 2. The van der Waals surface area contributed by atoms with Crippen molar-refractivity contribution in [3.63, 3.8) is 0 Å². The van der Waals surface area contributed by atoms with Gasteiger partial charge in [-0.25, -0.2) is 0 Å². The molecule has 1 amide bonds. The maximum absolute atomic E-state index is 11.0. The van der Waals surface area contributed by atoms with Crippen LogP contribution in [0.15, 0.2) is 0 Å². The minimum atomic E-state index is 0.150. The molecular formula is C11H23N3O. The van der Waals surface area contributed by atoms with Gasteiger partial charge < -0.3 is 16.0 Å². The lowest BCUT2D eigenvalue weighted by Crippen LogP contribution is -2.42. The smallest absolute Gasteiger partial charge is 0.220 e. The fourth-order valence-electron chi connectivity index (χ4n) is 2.05. The summed E-state index contributed by atoms with van der Waals surface area (Å²) in [6.45, 7) is 6.91. The second kappa shape index (κ2) is 4.94. The molecule has 1 unspecified atom stereocenters. The SMILES string of the molecule is CN(CC1CCC(=O)N1)CC(C)(C)CN. The molecule has 1 fully saturated rings. The third kappa shape index (κ3) is 4.18. The van der Waals surface area contributed by atoms with Crippen LogP contribution in [0.4, 0.5) is 0 Å². The Kier molecular flexibility index (Phi) is 4.11. The highest BCUT2D eigenvalue weighted by atomic mass is 16.1. The van der Waals surface area contributed by atoms with Gasteiger partial charge in [-0.15, -0.1) is 0 Å². The van der Waals surface area contributed by atoms with Gasteiger partial charge in [-0.05, 0) is 25.4 Å². The highest BCUT2D eigenvalue weighted by Crippen LogP contribution is 2.15. The molecule has 1 heterocycles. The molecule has 1 aliphatic heterocycles. The van der Waals surface area contributed by atoms with Crippen molar-refractivity contribution >= 4 is 5.91 Å². The molecule has 0 aromatic heterocycles. The van der Waals surface area contributed by atoms with Gasteiger partial charge in [-0.1, -0.05) is 13.8 Å². The monoisotopic (exact) mass is 213 g/mol. The number of hydrogen-bond acceptors (Lipinski definition) is 3. The average molecular weight is 213 g/mol. The van der Waals surface area contributed by atoms with Crippen LogP contribution in [0, 0.1) is 5.41 Å². The first kappa shape index (κ1) is 12.5. The number of rotatable bonds is 5. The molecule has 4 nitrogen and oxygen atoms in total. The van der Waals surface area contributed by atoms with E-state index in [0.29, 0.717) is 19.0 Å². The van der Waals surface area contributed by atoms with Crippen LogP contribution in [0.1, 0.15) is 26.7 Å². The predicted molar refractivity (Wildman–Crippen MR) is 61.5 cm³/mol. The summed E-state index contributed by atoms with van der Waals surface area (Å²) in [5, 5.41) is 2.98. The molecule has 15 heavy (non-hydrogen) atoms. The molecule has 0 saturated carbocycles. The Labute approximate surface area is 92.2 Å². The summed E-state index contributed by atoms with van der Waals surface area (Å²) in [7, 11) is 2.09. The van der Waals surface area contributed by atoms with Crippen LogP contribution < -0.4 is 11.1 Å². The van der Waals surface area contributed by atoms with Crippen molar-refractivity contribution in [2.24, 2.45) is 11.1 Å². The predicted octanol–water partition coefficient (Wildman–Crippen LogP) is 0.182. The molecule has 0 bridgehead atoms. The second-order valence-electron chi connectivity index (χ2n) is 5.37. The minimum absolute atomic E-state index is 0.150. The lowest BCUT2D eigenvalue weighted by molar-refractivity contribution is -0.119. The summed E-state index contributed by atoms with van der Waals surface area (Å²) >= 11 is 0. The molecule has 1 atom stereocenters. The number of nitrogens with two attached hydrogens (primary N) is 1. The summed E-state index contributed by atoms with van der Waals surface area (Å²) in [6.07, 6.45) is 1.64. The third-order valence-electron chi connectivity index (χ3n) is 2.87. The van der Waals surface area contributed by atoms with Gasteiger partial charge in [0.25, 0.3) is 0 Å². The first-order valence-electron chi connectivity index (χ1n) is 5.61. The summed E-state index contributed by atoms with van der Waals surface area (Å²) in [4.78, 5) is 13.3. The zero-order valence-electron chi connectivity index (χ0n) is 10.0. The fourth-order valence-corrected chi connectivity index (χ4v) is 2.05. The highest BCUT2D eigenvalue weighted by molar-refractivity contribution is 5.78. The molecule has 88 valence electrons. The summed E-state index contributed by atoms with van der Waals surface area (Å²) in [5.74, 6) is 0.187. The maximum Gasteiger partial charge on any atom is 0.220 e. The zero-order valence-corrected chi connectivity index (χ0v) is 10.0. The Bertz CT molecular complexity index is 228. The van der Waals surface area contributed by atoms with Crippen LogP contribution in [0.5, 0.6) is 0 Å². The number of nitrogens with zero attached hydrogens (tertiary/aromatic N) is 1. The highest BCUT2D eigenvalue weighted by Gasteiger charge is 2.24. The topological polar surface area (TPSA) is 58.4 Å². The summed E-state index contributed by atoms with van der Waals surface area (Å²) < 4.78 is 0. The van der Waals surface area contributed by atoms with Gasteiger partial charge >= 0.3 is 0 Å². The van der Waals surface area contributed by atoms with E-state index in [4.69, 9.17) is 5.73 Å². The van der Waals surface area contributed by atoms with Crippen molar-refractivity contribution in [2.45, 2.75) is 32.7 Å². The van der Waals surface area contributed by atoms with E-state index in [9.17, 15) is 4.79 Å². The average Bonchev–Trinajstić information content (AvgIpc) is 2.50. The summed E-state index contributed by atoms with van der Waals surface area (Å²) in [5.41, 5.74) is 5.84. The van der Waals surface area contributed by atoms with Crippen LogP contribution in [-0.2, 0) is 4.79 Å². The largest absolute Gasteiger partial charge is 0.352 e. The molecule has 0 aliphatic carbocycles. The van der Waals surface area contributed by atoms with Crippen LogP contribution in [0.2, 0.25) is 0 Å². The van der Waals surface area contributed by atoms with Gasteiger partial charge in [-0.3, -0.25) is 4.79 Å². The molecule has 1 saturated heterocycles. The molecule has 1 rings (SSSR count). The van der Waals surface area contributed by atoms with E-state index >= 15 is 0 Å². The molecular weight excluding hydrogens is 190 g/mol. The Morgan fingerprint density at radius 2 is 2.27 bits per heavy atom. The Morgan fingerprint density at radius 1 is 1.60 bits per heavy atom. The van der Waals surface area contributed by atoms with Crippen molar-refractivity contribution in [2.75, 3.05) is 26.7 Å².